The molecule has 3 aliphatic carbocycles. The summed E-state index contributed by atoms with van der Waals surface area (Å²) >= 11 is 9.39. The van der Waals surface area contributed by atoms with Gasteiger partial charge in [0.05, 0.1) is 16.4 Å². The molecule has 1 N–H and O–H groups in total. The highest BCUT2D eigenvalue weighted by atomic mass is 79.9. The Morgan fingerprint density at radius 1 is 1.21 bits per heavy atom. The first-order chi connectivity index (χ1) is 9.22. The summed E-state index contributed by atoms with van der Waals surface area (Å²) in [5.74, 6) is 3.93. The minimum Gasteiger partial charge on any atom is -0.381 e. The van der Waals surface area contributed by atoms with E-state index in [-0.39, 0.29) is 0 Å². The molecule has 102 valence electrons. The zero-order chi connectivity index (χ0) is 13.0. The van der Waals surface area contributed by atoms with E-state index in [1.165, 1.54) is 32.1 Å². The van der Waals surface area contributed by atoms with Crippen molar-refractivity contribution in [2.45, 2.75) is 38.1 Å². The topological polar surface area (TPSA) is 24.9 Å². The van der Waals surface area contributed by atoms with Crippen LogP contribution < -0.4 is 5.32 Å². The highest BCUT2D eigenvalue weighted by Crippen LogP contribution is 2.59. The van der Waals surface area contributed by atoms with Gasteiger partial charge in [-0.05, 0) is 71.4 Å². The maximum absolute atomic E-state index is 5.95. The van der Waals surface area contributed by atoms with Crippen LogP contribution in [-0.2, 0) is 0 Å². The van der Waals surface area contributed by atoms with Crippen LogP contribution in [0.25, 0.3) is 0 Å². The molecule has 4 heteroatoms. The summed E-state index contributed by atoms with van der Waals surface area (Å²) in [5, 5.41) is 4.24. The van der Waals surface area contributed by atoms with Gasteiger partial charge in [-0.15, -0.1) is 0 Å². The van der Waals surface area contributed by atoms with Gasteiger partial charge in [-0.3, -0.25) is 0 Å². The Labute approximate surface area is 127 Å². The van der Waals surface area contributed by atoms with Crippen molar-refractivity contribution < 1.29 is 0 Å². The average Bonchev–Trinajstić information content (AvgIpc) is 3.05. The maximum Gasteiger partial charge on any atom is 0.143 e. The monoisotopic (exact) mass is 340 g/mol. The fourth-order valence-electron chi connectivity index (χ4n) is 4.95. The summed E-state index contributed by atoms with van der Waals surface area (Å²) in [4.78, 5) is 4.21. The smallest absolute Gasteiger partial charge is 0.143 e. The normalized spacial score (nSPS) is 39.6. The summed E-state index contributed by atoms with van der Waals surface area (Å²) in [6.07, 6.45) is 9.08. The van der Waals surface area contributed by atoms with Crippen LogP contribution in [0.1, 0.15) is 32.1 Å². The highest BCUT2D eigenvalue weighted by molar-refractivity contribution is 9.10. The van der Waals surface area contributed by atoms with Crippen molar-refractivity contribution in [1.82, 2.24) is 4.98 Å². The van der Waals surface area contributed by atoms with Gasteiger partial charge in [-0.25, -0.2) is 4.98 Å². The van der Waals surface area contributed by atoms with Gasteiger partial charge < -0.3 is 5.32 Å². The molecular weight excluding hydrogens is 324 g/mol. The number of halogens is 2. The summed E-state index contributed by atoms with van der Waals surface area (Å²) < 4.78 is 0.876. The molecule has 3 fully saturated rings. The second-order valence-electron chi connectivity index (χ2n) is 6.40. The Morgan fingerprint density at radius 3 is 2.89 bits per heavy atom. The lowest BCUT2D eigenvalue weighted by Crippen LogP contribution is -2.33. The van der Waals surface area contributed by atoms with Gasteiger partial charge in [0.25, 0.3) is 0 Å². The molecule has 4 rings (SSSR count). The lowest BCUT2D eigenvalue weighted by Gasteiger charge is -2.32. The summed E-state index contributed by atoms with van der Waals surface area (Å²) in [5.41, 5.74) is 1.10. The molecule has 5 unspecified atom stereocenters. The van der Waals surface area contributed by atoms with E-state index in [1.54, 1.807) is 0 Å². The molecule has 0 saturated heterocycles. The van der Waals surface area contributed by atoms with Crippen LogP contribution >= 0.6 is 27.5 Å². The Morgan fingerprint density at radius 2 is 2.05 bits per heavy atom. The number of nitrogens with zero attached hydrogens (tertiary/aromatic N) is 1. The van der Waals surface area contributed by atoms with E-state index in [0.29, 0.717) is 11.2 Å². The molecule has 0 aliphatic heterocycles. The SMILES string of the molecule is Clc1ncc(NC2CC3CC2C2CCCC32)cc1Br. The fraction of sp³-hybridized carbons (Fsp3) is 0.667. The number of rotatable bonds is 2. The molecule has 5 atom stereocenters. The molecule has 0 amide bonds. The maximum atomic E-state index is 5.95. The molecule has 3 aliphatic rings. The standard InChI is InChI=1S/C15H18BrClN2/c16-13-6-9(7-18-15(13)17)19-14-5-8-4-12(14)11-3-1-2-10(8)11/h6-8,10-12,14,19H,1-5H2. The molecule has 2 bridgehead atoms. The number of anilines is 1. The number of aromatic nitrogens is 1. The van der Waals surface area contributed by atoms with Gasteiger partial charge in [0, 0.05) is 6.04 Å². The van der Waals surface area contributed by atoms with Crippen LogP contribution in [0.5, 0.6) is 0 Å². The van der Waals surface area contributed by atoms with Gasteiger partial charge in [0.2, 0.25) is 0 Å². The van der Waals surface area contributed by atoms with E-state index in [1.807, 2.05) is 12.3 Å². The van der Waals surface area contributed by atoms with Gasteiger partial charge >= 0.3 is 0 Å². The zero-order valence-electron chi connectivity index (χ0n) is 10.8. The van der Waals surface area contributed by atoms with Crippen LogP contribution in [0, 0.1) is 23.7 Å². The highest BCUT2D eigenvalue weighted by Gasteiger charge is 2.53. The molecule has 1 aromatic heterocycles. The van der Waals surface area contributed by atoms with E-state index in [4.69, 9.17) is 11.6 Å². The number of nitrogens with one attached hydrogen (secondary N) is 1. The molecule has 0 radical (unpaired) electrons. The summed E-state index contributed by atoms with van der Waals surface area (Å²) in [6.45, 7) is 0. The van der Waals surface area contributed by atoms with Crippen molar-refractivity contribution >= 4 is 33.2 Å². The van der Waals surface area contributed by atoms with Gasteiger partial charge in [0.15, 0.2) is 0 Å². The molecule has 0 spiro atoms. The predicted molar refractivity (Wildman–Crippen MR) is 81.4 cm³/mol. The molecule has 19 heavy (non-hydrogen) atoms. The predicted octanol–water partition coefficient (Wildman–Crippen LogP) is 4.73. The molecular formula is C15H18BrClN2. The quantitative estimate of drug-likeness (QED) is 0.786. The number of hydrogen-bond acceptors (Lipinski definition) is 2. The van der Waals surface area contributed by atoms with Crippen molar-refractivity contribution in [3.63, 3.8) is 0 Å². The lowest BCUT2D eigenvalue weighted by molar-refractivity contribution is 0.243. The summed E-state index contributed by atoms with van der Waals surface area (Å²) in [6, 6.07) is 2.70. The zero-order valence-corrected chi connectivity index (χ0v) is 13.1. The third-order valence-electron chi connectivity index (χ3n) is 5.58. The number of hydrogen-bond donors (Lipinski definition) is 1. The molecule has 2 nitrogen and oxygen atoms in total. The fourth-order valence-corrected chi connectivity index (χ4v) is 5.40. The number of fused-ring (bicyclic) bond motifs is 5. The molecule has 1 heterocycles. The van der Waals surface area contributed by atoms with Crippen molar-refractivity contribution in [2.75, 3.05) is 5.32 Å². The minimum atomic E-state index is 0.536. The van der Waals surface area contributed by atoms with Crippen molar-refractivity contribution in [3.05, 3.63) is 21.9 Å². The second-order valence-corrected chi connectivity index (χ2v) is 7.61. The largest absolute Gasteiger partial charge is 0.381 e. The summed E-state index contributed by atoms with van der Waals surface area (Å²) in [7, 11) is 0. The van der Waals surface area contributed by atoms with Crippen LogP contribution in [0.2, 0.25) is 5.15 Å². The van der Waals surface area contributed by atoms with Crippen LogP contribution in [0.3, 0.4) is 0 Å². The Kier molecular flexibility index (Phi) is 3.03. The third-order valence-corrected chi connectivity index (χ3v) is 6.71. The van der Waals surface area contributed by atoms with Crippen molar-refractivity contribution in [3.8, 4) is 0 Å². The molecule has 0 aromatic carbocycles. The first kappa shape index (κ1) is 12.5. The van der Waals surface area contributed by atoms with E-state index < -0.39 is 0 Å². The van der Waals surface area contributed by atoms with E-state index in [2.05, 4.69) is 26.2 Å². The second kappa shape index (κ2) is 4.63. The van der Waals surface area contributed by atoms with Gasteiger partial charge in [-0.1, -0.05) is 18.0 Å². The Balaban J connectivity index is 1.51. The van der Waals surface area contributed by atoms with Crippen molar-refractivity contribution in [2.24, 2.45) is 23.7 Å². The van der Waals surface area contributed by atoms with E-state index in [9.17, 15) is 0 Å². The van der Waals surface area contributed by atoms with Crippen LogP contribution in [0.15, 0.2) is 16.7 Å². The Hall–Kier alpha value is -0.280. The minimum absolute atomic E-state index is 0.536. The lowest BCUT2D eigenvalue weighted by atomic mass is 9.79. The van der Waals surface area contributed by atoms with Crippen LogP contribution in [-0.4, -0.2) is 11.0 Å². The van der Waals surface area contributed by atoms with E-state index in [0.717, 1.165) is 33.8 Å². The molecule has 3 saturated carbocycles. The molecule has 1 aromatic rings. The Bertz CT molecular complexity index is 507. The van der Waals surface area contributed by atoms with Gasteiger partial charge in [0.1, 0.15) is 5.15 Å². The first-order valence-electron chi connectivity index (χ1n) is 7.30. The first-order valence-corrected chi connectivity index (χ1v) is 8.47. The van der Waals surface area contributed by atoms with Gasteiger partial charge in [-0.2, -0.15) is 0 Å². The van der Waals surface area contributed by atoms with Crippen LogP contribution in [0.4, 0.5) is 5.69 Å². The van der Waals surface area contributed by atoms with E-state index >= 15 is 0 Å². The number of pyridine rings is 1. The third kappa shape index (κ3) is 2.01. The van der Waals surface area contributed by atoms with Crippen molar-refractivity contribution in [1.29, 1.82) is 0 Å². The average molecular weight is 342 g/mol.